The molecule has 2 rings (SSSR count). The molecule has 0 spiro atoms. The molecule has 0 aromatic heterocycles. The molecule has 0 aliphatic heterocycles. The maximum atomic E-state index is 10.6. The molecule has 1 aromatic carbocycles. The van der Waals surface area contributed by atoms with Crippen LogP contribution < -0.4 is 4.74 Å². The van der Waals surface area contributed by atoms with Gasteiger partial charge in [0.15, 0.2) is 0 Å². The van der Waals surface area contributed by atoms with Crippen molar-refractivity contribution in [2.75, 3.05) is 6.61 Å². The van der Waals surface area contributed by atoms with Crippen LogP contribution in [0.25, 0.3) is 0 Å². The molecule has 19 heavy (non-hydrogen) atoms. The minimum absolute atomic E-state index is 0.543. The highest BCUT2D eigenvalue weighted by atomic mass is 16.5. The number of carbonyl (C=O) groups is 1. The van der Waals surface area contributed by atoms with Crippen molar-refractivity contribution in [2.45, 2.75) is 38.5 Å². The Hall–Kier alpha value is -1.77. The molecular weight excluding hydrogens is 240 g/mol. The fraction of sp³-hybridized carbons (Fsp3) is 0.438. The molecule has 0 bridgehead atoms. The summed E-state index contributed by atoms with van der Waals surface area (Å²) in [4.78, 5) is 10.6. The number of ether oxygens (including phenoxy) is 1. The fourth-order valence-corrected chi connectivity index (χ4v) is 2.64. The van der Waals surface area contributed by atoms with Crippen molar-refractivity contribution in [1.82, 2.24) is 0 Å². The van der Waals surface area contributed by atoms with E-state index < -0.39 is 5.97 Å². The minimum Gasteiger partial charge on any atom is -0.494 e. The second kappa shape index (κ2) is 6.41. The Balaban J connectivity index is 1.95. The average Bonchev–Trinajstić information content (AvgIpc) is 2.40. The molecule has 1 fully saturated rings. The summed E-state index contributed by atoms with van der Waals surface area (Å²) < 4.78 is 5.43. The molecule has 3 heteroatoms. The van der Waals surface area contributed by atoms with Gasteiger partial charge >= 0.3 is 5.97 Å². The monoisotopic (exact) mass is 260 g/mol. The largest absolute Gasteiger partial charge is 0.494 e. The predicted octanol–water partition coefficient (Wildman–Crippen LogP) is 3.75. The molecule has 0 unspecified atom stereocenters. The Kier molecular flexibility index (Phi) is 4.61. The standard InChI is InChI=1S/C16H20O3/c1-2-19-15-9-7-14(8-10-15)13-5-3-12(4-6-13)11-16(17)18/h7-11,13H,2-6H2,1H3,(H,17,18). The van der Waals surface area contributed by atoms with Gasteiger partial charge in [-0.25, -0.2) is 4.79 Å². The number of allylic oxidation sites excluding steroid dienone is 1. The number of rotatable bonds is 4. The van der Waals surface area contributed by atoms with E-state index in [1.165, 1.54) is 11.6 Å². The lowest BCUT2D eigenvalue weighted by Gasteiger charge is -2.24. The lowest BCUT2D eigenvalue weighted by molar-refractivity contribution is -0.131. The topological polar surface area (TPSA) is 46.5 Å². The van der Waals surface area contributed by atoms with Crippen LogP contribution in [-0.4, -0.2) is 17.7 Å². The average molecular weight is 260 g/mol. The van der Waals surface area contributed by atoms with Crippen LogP contribution in [0.1, 0.15) is 44.1 Å². The Morgan fingerprint density at radius 2 is 1.95 bits per heavy atom. The second-order valence-corrected chi connectivity index (χ2v) is 4.92. The van der Waals surface area contributed by atoms with Crippen LogP contribution in [0.15, 0.2) is 35.9 Å². The summed E-state index contributed by atoms with van der Waals surface area (Å²) in [5.74, 6) is 0.629. The minimum atomic E-state index is -0.825. The van der Waals surface area contributed by atoms with Gasteiger partial charge in [0.25, 0.3) is 0 Å². The zero-order chi connectivity index (χ0) is 13.7. The van der Waals surface area contributed by atoms with Gasteiger partial charge < -0.3 is 9.84 Å². The third-order valence-electron chi connectivity index (χ3n) is 3.62. The van der Waals surface area contributed by atoms with Gasteiger partial charge in [-0.05, 0) is 56.2 Å². The molecule has 3 nitrogen and oxygen atoms in total. The molecule has 1 aliphatic carbocycles. The number of hydrogen-bond donors (Lipinski definition) is 1. The Morgan fingerprint density at radius 1 is 1.32 bits per heavy atom. The maximum absolute atomic E-state index is 10.6. The van der Waals surface area contributed by atoms with Crippen LogP contribution in [0, 0.1) is 0 Å². The summed E-state index contributed by atoms with van der Waals surface area (Å²) in [6.07, 6.45) is 5.23. The number of carboxylic acid groups (broad SMARTS) is 1. The van der Waals surface area contributed by atoms with Crippen molar-refractivity contribution in [2.24, 2.45) is 0 Å². The summed E-state index contributed by atoms with van der Waals surface area (Å²) in [5, 5.41) is 8.74. The molecule has 0 radical (unpaired) electrons. The summed E-state index contributed by atoms with van der Waals surface area (Å²) in [5.41, 5.74) is 2.40. The van der Waals surface area contributed by atoms with Crippen molar-refractivity contribution >= 4 is 5.97 Å². The number of carboxylic acids is 1. The third-order valence-corrected chi connectivity index (χ3v) is 3.62. The van der Waals surface area contributed by atoms with Gasteiger partial charge in [0.2, 0.25) is 0 Å². The summed E-state index contributed by atoms with van der Waals surface area (Å²) in [7, 11) is 0. The molecule has 1 aliphatic rings. The Labute approximate surface area is 113 Å². The normalized spacial score (nSPS) is 19.0. The van der Waals surface area contributed by atoms with Gasteiger partial charge in [-0.3, -0.25) is 0 Å². The molecule has 0 heterocycles. The fourth-order valence-electron chi connectivity index (χ4n) is 2.64. The summed E-state index contributed by atoms with van der Waals surface area (Å²) >= 11 is 0. The predicted molar refractivity (Wildman–Crippen MR) is 74.5 cm³/mol. The van der Waals surface area contributed by atoms with Gasteiger partial charge in [-0.15, -0.1) is 0 Å². The van der Waals surface area contributed by atoms with Crippen LogP contribution >= 0.6 is 0 Å². The van der Waals surface area contributed by atoms with E-state index in [0.29, 0.717) is 12.5 Å². The van der Waals surface area contributed by atoms with E-state index in [-0.39, 0.29) is 0 Å². The number of aliphatic carboxylic acids is 1. The second-order valence-electron chi connectivity index (χ2n) is 4.92. The zero-order valence-electron chi connectivity index (χ0n) is 11.3. The van der Waals surface area contributed by atoms with Crippen molar-refractivity contribution in [3.8, 4) is 5.75 Å². The van der Waals surface area contributed by atoms with Crippen LogP contribution in [-0.2, 0) is 4.79 Å². The van der Waals surface area contributed by atoms with Crippen molar-refractivity contribution < 1.29 is 14.6 Å². The lowest BCUT2D eigenvalue weighted by atomic mass is 9.81. The highest BCUT2D eigenvalue weighted by molar-refractivity contribution is 5.80. The van der Waals surface area contributed by atoms with Gasteiger partial charge in [0, 0.05) is 6.08 Å². The Bertz CT molecular complexity index is 449. The lowest BCUT2D eigenvalue weighted by Crippen LogP contribution is -2.07. The van der Waals surface area contributed by atoms with Crippen LogP contribution in [0.5, 0.6) is 5.75 Å². The maximum Gasteiger partial charge on any atom is 0.328 e. The molecule has 1 saturated carbocycles. The van der Waals surface area contributed by atoms with Gasteiger partial charge in [0.1, 0.15) is 5.75 Å². The van der Waals surface area contributed by atoms with E-state index >= 15 is 0 Å². The van der Waals surface area contributed by atoms with E-state index in [1.807, 2.05) is 19.1 Å². The molecule has 0 saturated heterocycles. The van der Waals surface area contributed by atoms with Crippen molar-refractivity contribution in [1.29, 1.82) is 0 Å². The van der Waals surface area contributed by atoms with Crippen molar-refractivity contribution in [3.63, 3.8) is 0 Å². The molecule has 102 valence electrons. The highest BCUT2D eigenvalue weighted by Gasteiger charge is 2.18. The first-order chi connectivity index (χ1) is 9.19. The summed E-state index contributed by atoms with van der Waals surface area (Å²) in [6.45, 7) is 2.66. The quantitative estimate of drug-likeness (QED) is 0.838. The number of hydrogen-bond acceptors (Lipinski definition) is 2. The molecule has 0 atom stereocenters. The van der Waals surface area contributed by atoms with Crippen LogP contribution in [0.3, 0.4) is 0 Å². The van der Waals surface area contributed by atoms with Crippen LogP contribution in [0.2, 0.25) is 0 Å². The molecule has 0 amide bonds. The SMILES string of the molecule is CCOc1ccc(C2CCC(=CC(=O)O)CC2)cc1. The van der Waals surface area contributed by atoms with Crippen LogP contribution in [0.4, 0.5) is 0 Å². The summed E-state index contributed by atoms with van der Waals surface area (Å²) in [6, 6.07) is 8.28. The van der Waals surface area contributed by atoms with Crippen molar-refractivity contribution in [3.05, 3.63) is 41.5 Å². The first-order valence-electron chi connectivity index (χ1n) is 6.84. The number of benzene rings is 1. The Morgan fingerprint density at radius 3 is 2.47 bits per heavy atom. The highest BCUT2D eigenvalue weighted by Crippen LogP contribution is 2.35. The molecule has 1 N–H and O–H groups in total. The molecule has 1 aromatic rings. The van der Waals surface area contributed by atoms with E-state index in [2.05, 4.69) is 12.1 Å². The zero-order valence-corrected chi connectivity index (χ0v) is 11.3. The van der Waals surface area contributed by atoms with E-state index in [4.69, 9.17) is 9.84 Å². The van der Waals surface area contributed by atoms with Gasteiger partial charge in [-0.1, -0.05) is 17.7 Å². The molecular formula is C16H20O3. The van der Waals surface area contributed by atoms with Gasteiger partial charge in [-0.2, -0.15) is 0 Å². The smallest absolute Gasteiger partial charge is 0.328 e. The first-order valence-corrected chi connectivity index (χ1v) is 6.84. The van der Waals surface area contributed by atoms with E-state index in [0.717, 1.165) is 37.0 Å². The third kappa shape index (κ3) is 3.85. The van der Waals surface area contributed by atoms with E-state index in [1.54, 1.807) is 0 Å². The first kappa shape index (κ1) is 13.7. The van der Waals surface area contributed by atoms with E-state index in [9.17, 15) is 4.79 Å². The van der Waals surface area contributed by atoms with Gasteiger partial charge in [0.05, 0.1) is 6.61 Å².